The van der Waals surface area contributed by atoms with Gasteiger partial charge in [0, 0.05) is 6.42 Å². The predicted molar refractivity (Wildman–Crippen MR) is 143 cm³/mol. The first-order valence-electron chi connectivity index (χ1n) is 14.3. The molecule has 7 atom stereocenters. The average molecular weight is 513 g/mol. The number of fused-ring (bicyclic) bond motifs is 4. The maximum atomic E-state index is 13.8. The van der Waals surface area contributed by atoms with Crippen LogP contribution in [0.15, 0.2) is 0 Å². The van der Waals surface area contributed by atoms with Crippen molar-refractivity contribution < 1.29 is 23.1 Å². The summed E-state index contributed by atoms with van der Waals surface area (Å²) in [6.45, 7) is 20.5. The molecule has 0 aromatic heterocycles. The lowest BCUT2D eigenvalue weighted by Crippen LogP contribution is -2.65. The summed E-state index contributed by atoms with van der Waals surface area (Å²) in [5.74, 6) is 0.956. The summed E-state index contributed by atoms with van der Waals surface area (Å²) in [6.07, 6.45) is 2.55. The summed E-state index contributed by atoms with van der Waals surface area (Å²) in [4.78, 5) is 13.8. The van der Waals surface area contributed by atoms with E-state index < -0.39 is 27.8 Å². The lowest BCUT2D eigenvalue weighted by atomic mass is 9.72. The Bertz CT molecular complexity index is 693. The Kier molecular flexibility index (Phi) is 8.88. The molecule has 0 aromatic rings. The van der Waals surface area contributed by atoms with Crippen LogP contribution < -0.4 is 0 Å². The molecule has 5 nitrogen and oxygen atoms in total. The second kappa shape index (κ2) is 10.6. The molecule has 1 saturated carbocycles. The second-order valence-corrected chi connectivity index (χ2v) is 20.9. The van der Waals surface area contributed by atoms with Crippen LogP contribution in [-0.2, 0) is 23.1 Å². The standard InChI is InChI=1S/C27H52O5Si2/c1-10-29-25(28)27-19-22(30-33(11-2,12-3)13-4)26(9,32-27)21-18-17-20(8)23(21)24(27)31-34(14-5,15-6)16-7/h20-24H,10-19H2,1-9H3/t20-,21-,22-,23-,24-,26-,27-/m1/s1. The van der Waals surface area contributed by atoms with E-state index in [4.69, 9.17) is 18.3 Å². The van der Waals surface area contributed by atoms with Gasteiger partial charge in [0.05, 0.1) is 24.4 Å². The van der Waals surface area contributed by atoms with Gasteiger partial charge in [0.15, 0.2) is 22.2 Å². The minimum absolute atomic E-state index is 0.0734. The third-order valence-electron chi connectivity index (χ3n) is 10.4. The molecule has 3 rings (SSSR count). The van der Waals surface area contributed by atoms with E-state index >= 15 is 0 Å². The number of carbonyl (C=O) groups is 1. The van der Waals surface area contributed by atoms with Crippen LogP contribution in [0.1, 0.15) is 81.6 Å². The van der Waals surface area contributed by atoms with Crippen molar-refractivity contribution in [2.75, 3.05) is 6.61 Å². The summed E-state index contributed by atoms with van der Waals surface area (Å²) in [6, 6.07) is 6.49. The van der Waals surface area contributed by atoms with Crippen molar-refractivity contribution >= 4 is 22.6 Å². The molecule has 2 heterocycles. The van der Waals surface area contributed by atoms with Gasteiger partial charge in [-0.25, -0.2) is 4.79 Å². The second-order valence-electron chi connectivity index (χ2n) is 11.5. The Hall–Kier alpha value is -0.216. The van der Waals surface area contributed by atoms with Gasteiger partial charge in [0.2, 0.25) is 0 Å². The zero-order valence-corrected chi connectivity index (χ0v) is 25.5. The van der Waals surface area contributed by atoms with Gasteiger partial charge in [-0.15, -0.1) is 0 Å². The van der Waals surface area contributed by atoms with Crippen LogP contribution in [0.2, 0.25) is 36.3 Å². The zero-order valence-electron chi connectivity index (χ0n) is 23.5. The van der Waals surface area contributed by atoms with Gasteiger partial charge >= 0.3 is 5.97 Å². The molecule has 0 radical (unpaired) electrons. The largest absolute Gasteiger partial charge is 0.464 e. The first-order chi connectivity index (χ1) is 16.1. The minimum Gasteiger partial charge on any atom is -0.464 e. The van der Waals surface area contributed by atoms with E-state index in [1.807, 2.05) is 6.92 Å². The molecule has 2 bridgehead atoms. The number of rotatable bonds is 12. The topological polar surface area (TPSA) is 54.0 Å². The molecular formula is C27H52O5Si2. The molecule has 0 unspecified atom stereocenters. The van der Waals surface area contributed by atoms with E-state index in [9.17, 15) is 4.79 Å². The molecule has 0 spiro atoms. The average Bonchev–Trinajstić information content (AvgIpc) is 3.36. The minimum atomic E-state index is -1.98. The van der Waals surface area contributed by atoms with Gasteiger partial charge in [-0.05, 0) is 80.7 Å². The maximum Gasteiger partial charge on any atom is 0.341 e. The third kappa shape index (κ3) is 4.39. The molecule has 0 N–H and O–H groups in total. The van der Waals surface area contributed by atoms with Crippen LogP contribution in [0, 0.1) is 17.8 Å². The lowest BCUT2D eigenvalue weighted by molar-refractivity contribution is -0.246. The summed E-state index contributed by atoms with van der Waals surface area (Å²) < 4.78 is 27.3. The zero-order chi connectivity index (χ0) is 25.4. The van der Waals surface area contributed by atoms with Crippen LogP contribution in [0.5, 0.6) is 0 Å². The molecular weight excluding hydrogens is 460 g/mol. The van der Waals surface area contributed by atoms with E-state index in [1.54, 1.807) is 0 Å². The van der Waals surface area contributed by atoms with Gasteiger partial charge in [-0.3, -0.25) is 0 Å². The summed E-state index contributed by atoms with van der Waals surface area (Å²) >= 11 is 0. The molecule has 3 aliphatic rings. The first kappa shape index (κ1) is 28.4. The van der Waals surface area contributed by atoms with Crippen LogP contribution in [0.3, 0.4) is 0 Å². The highest BCUT2D eigenvalue weighted by Gasteiger charge is 2.74. The van der Waals surface area contributed by atoms with Crippen molar-refractivity contribution in [1.82, 2.24) is 0 Å². The molecule has 2 aliphatic heterocycles. The first-order valence-corrected chi connectivity index (χ1v) is 19.4. The lowest BCUT2D eigenvalue weighted by Gasteiger charge is -2.53. The highest BCUT2D eigenvalue weighted by Crippen LogP contribution is 2.62. The fraction of sp³-hybridized carbons (Fsp3) is 0.963. The van der Waals surface area contributed by atoms with Crippen LogP contribution in [-0.4, -0.2) is 52.6 Å². The van der Waals surface area contributed by atoms with E-state index in [1.165, 1.54) is 0 Å². The number of esters is 1. The highest BCUT2D eigenvalue weighted by atomic mass is 28.4. The number of ether oxygens (including phenoxy) is 2. The molecule has 7 heteroatoms. The van der Waals surface area contributed by atoms with Crippen LogP contribution in [0.4, 0.5) is 0 Å². The van der Waals surface area contributed by atoms with Crippen molar-refractivity contribution in [3.05, 3.63) is 0 Å². The van der Waals surface area contributed by atoms with Gasteiger partial charge in [0.25, 0.3) is 0 Å². The van der Waals surface area contributed by atoms with Gasteiger partial charge in [-0.1, -0.05) is 48.5 Å². The normalized spacial score (nSPS) is 37.6. The highest BCUT2D eigenvalue weighted by molar-refractivity contribution is 6.74. The fourth-order valence-corrected chi connectivity index (χ4v) is 13.4. The van der Waals surface area contributed by atoms with Crippen molar-refractivity contribution in [3.63, 3.8) is 0 Å². The molecule has 0 aromatic carbocycles. The number of hydrogen-bond donors (Lipinski definition) is 0. The summed E-state index contributed by atoms with van der Waals surface area (Å²) in [5.41, 5.74) is -1.52. The van der Waals surface area contributed by atoms with Crippen LogP contribution >= 0.6 is 0 Å². The summed E-state index contributed by atoms with van der Waals surface area (Å²) in [7, 11) is -3.87. The van der Waals surface area contributed by atoms with Crippen LogP contribution in [0.25, 0.3) is 0 Å². The summed E-state index contributed by atoms with van der Waals surface area (Å²) in [5, 5.41) is 0. The Morgan fingerprint density at radius 1 is 0.882 bits per heavy atom. The number of hydrogen-bond acceptors (Lipinski definition) is 5. The van der Waals surface area contributed by atoms with Crippen molar-refractivity contribution in [3.8, 4) is 0 Å². The van der Waals surface area contributed by atoms with E-state index in [2.05, 4.69) is 55.4 Å². The van der Waals surface area contributed by atoms with Gasteiger partial charge in [-0.2, -0.15) is 0 Å². The van der Waals surface area contributed by atoms with E-state index in [0.717, 1.165) is 49.1 Å². The molecule has 34 heavy (non-hydrogen) atoms. The Balaban J connectivity index is 2.13. The number of carbonyl (C=O) groups excluding carboxylic acids is 1. The Morgan fingerprint density at radius 2 is 1.41 bits per heavy atom. The Morgan fingerprint density at radius 3 is 1.91 bits per heavy atom. The van der Waals surface area contributed by atoms with Gasteiger partial charge in [0.1, 0.15) is 0 Å². The third-order valence-corrected chi connectivity index (χ3v) is 19.7. The van der Waals surface area contributed by atoms with Gasteiger partial charge < -0.3 is 18.3 Å². The predicted octanol–water partition coefficient (Wildman–Crippen LogP) is 6.92. The molecule has 0 amide bonds. The van der Waals surface area contributed by atoms with Crippen molar-refractivity contribution in [2.24, 2.45) is 17.8 Å². The van der Waals surface area contributed by atoms with E-state index in [0.29, 0.717) is 30.8 Å². The monoisotopic (exact) mass is 512 g/mol. The van der Waals surface area contributed by atoms with Crippen molar-refractivity contribution in [1.29, 1.82) is 0 Å². The molecule has 2 saturated heterocycles. The smallest absolute Gasteiger partial charge is 0.341 e. The maximum absolute atomic E-state index is 13.8. The fourth-order valence-electron chi connectivity index (χ4n) is 7.58. The Labute approximate surface area is 211 Å². The van der Waals surface area contributed by atoms with E-state index in [-0.39, 0.29) is 18.2 Å². The molecule has 198 valence electrons. The SMILES string of the molecule is CCOC(=O)[C@]12C[C@@H](O[Si](CC)(CC)CC)[C@](C)(O1)[C@@H]1CC[C@@H](C)[C@H]1[C@H]2O[Si](CC)(CC)CC. The molecule has 3 fully saturated rings. The quantitative estimate of drug-likeness (QED) is 0.210. The molecule has 1 aliphatic carbocycles. The van der Waals surface area contributed by atoms with Crippen molar-refractivity contribution in [2.45, 2.75) is 141 Å².